The number of thioether (sulfide) groups is 1. The first-order chi connectivity index (χ1) is 10.3. The molecule has 1 aliphatic rings. The van der Waals surface area contributed by atoms with E-state index in [1.54, 1.807) is 0 Å². The summed E-state index contributed by atoms with van der Waals surface area (Å²) < 4.78 is 0. The third kappa shape index (κ3) is 3.33. The Morgan fingerprint density at radius 2 is 1.86 bits per heavy atom. The molecule has 1 fully saturated rings. The van der Waals surface area contributed by atoms with E-state index in [1.165, 1.54) is 29.7 Å². The fourth-order valence-electron chi connectivity index (χ4n) is 2.83. The van der Waals surface area contributed by atoms with E-state index in [2.05, 4.69) is 37.3 Å². The van der Waals surface area contributed by atoms with E-state index >= 15 is 0 Å². The first-order valence-corrected chi connectivity index (χ1v) is 8.77. The Labute approximate surface area is 131 Å². The summed E-state index contributed by atoms with van der Waals surface area (Å²) in [5.41, 5.74) is 3.37. The number of aliphatic hydroxyl groups is 1. The molecule has 0 spiro atoms. The fourth-order valence-corrected chi connectivity index (χ4v) is 3.49. The maximum Gasteiger partial charge on any atom is 0.104 e. The molecule has 1 saturated carbocycles. The first kappa shape index (κ1) is 14.7. The summed E-state index contributed by atoms with van der Waals surface area (Å²) in [4.78, 5) is 1.26. The summed E-state index contributed by atoms with van der Waals surface area (Å²) in [6, 6.07) is 16.8. The number of benzene rings is 2. The van der Waals surface area contributed by atoms with Gasteiger partial charge in [-0.15, -0.1) is 11.8 Å². The van der Waals surface area contributed by atoms with Gasteiger partial charge < -0.3 is 5.11 Å². The Balaban J connectivity index is 1.78. The minimum Gasteiger partial charge on any atom is -0.384 e. The van der Waals surface area contributed by atoms with Crippen LogP contribution in [0.25, 0.3) is 0 Å². The standard InChI is InChI=1S/C19H22OS/c1-2-21-18-11-9-15(10-12-18)19(20)17-8-4-7-16(13-17)14-5-3-6-14/h4,7-14,19-20H,2-3,5-6H2,1H3. The Morgan fingerprint density at radius 1 is 1.10 bits per heavy atom. The van der Waals surface area contributed by atoms with Crippen molar-refractivity contribution in [2.24, 2.45) is 0 Å². The molecule has 1 nitrogen and oxygen atoms in total. The lowest BCUT2D eigenvalue weighted by atomic mass is 9.79. The van der Waals surface area contributed by atoms with Crippen LogP contribution in [0.4, 0.5) is 0 Å². The van der Waals surface area contributed by atoms with Gasteiger partial charge in [-0.3, -0.25) is 0 Å². The number of hydrogen-bond acceptors (Lipinski definition) is 2. The molecule has 21 heavy (non-hydrogen) atoms. The molecule has 0 radical (unpaired) electrons. The molecule has 2 aromatic rings. The van der Waals surface area contributed by atoms with Gasteiger partial charge in [0, 0.05) is 4.90 Å². The molecule has 2 aromatic carbocycles. The second kappa shape index (κ2) is 6.67. The quantitative estimate of drug-likeness (QED) is 0.771. The van der Waals surface area contributed by atoms with Crippen molar-refractivity contribution < 1.29 is 5.11 Å². The van der Waals surface area contributed by atoms with Crippen LogP contribution in [0, 0.1) is 0 Å². The third-order valence-corrected chi connectivity index (χ3v) is 5.20. The predicted molar refractivity (Wildman–Crippen MR) is 89.9 cm³/mol. The molecule has 1 unspecified atom stereocenters. The summed E-state index contributed by atoms with van der Waals surface area (Å²) in [5, 5.41) is 10.6. The van der Waals surface area contributed by atoms with Crippen LogP contribution in [-0.4, -0.2) is 10.9 Å². The maximum atomic E-state index is 10.6. The molecule has 1 atom stereocenters. The lowest BCUT2D eigenvalue weighted by Gasteiger charge is -2.26. The summed E-state index contributed by atoms with van der Waals surface area (Å²) in [5.74, 6) is 1.78. The molecule has 1 aliphatic carbocycles. The van der Waals surface area contributed by atoms with E-state index in [4.69, 9.17) is 0 Å². The molecule has 0 bridgehead atoms. The molecule has 0 amide bonds. The van der Waals surface area contributed by atoms with Gasteiger partial charge in [-0.1, -0.05) is 49.7 Å². The van der Waals surface area contributed by atoms with Crippen LogP contribution in [-0.2, 0) is 0 Å². The van der Waals surface area contributed by atoms with Gasteiger partial charge >= 0.3 is 0 Å². The van der Waals surface area contributed by atoms with E-state index in [-0.39, 0.29) is 0 Å². The summed E-state index contributed by atoms with van der Waals surface area (Å²) in [6.07, 6.45) is 3.41. The van der Waals surface area contributed by atoms with Crippen LogP contribution in [0.2, 0.25) is 0 Å². The van der Waals surface area contributed by atoms with Gasteiger partial charge in [-0.05, 0) is 53.3 Å². The highest BCUT2D eigenvalue weighted by Gasteiger charge is 2.20. The fraction of sp³-hybridized carbons (Fsp3) is 0.368. The molecule has 0 aromatic heterocycles. The lowest BCUT2D eigenvalue weighted by molar-refractivity contribution is 0.220. The van der Waals surface area contributed by atoms with Crippen LogP contribution in [0.15, 0.2) is 53.4 Å². The van der Waals surface area contributed by atoms with Gasteiger partial charge in [-0.2, -0.15) is 0 Å². The molecule has 2 heteroatoms. The third-order valence-electron chi connectivity index (χ3n) is 4.31. The second-order valence-electron chi connectivity index (χ2n) is 5.70. The zero-order valence-corrected chi connectivity index (χ0v) is 13.3. The minimum atomic E-state index is -0.522. The van der Waals surface area contributed by atoms with Crippen molar-refractivity contribution in [1.29, 1.82) is 0 Å². The average Bonchev–Trinajstić information content (AvgIpc) is 2.46. The second-order valence-corrected chi connectivity index (χ2v) is 7.04. The zero-order valence-electron chi connectivity index (χ0n) is 12.5. The lowest BCUT2D eigenvalue weighted by Crippen LogP contribution is -2.09. The van der Waals surface area contributed by atoms with E-state index in [1.807, 2.05) is 30.0 Å². The van der Waals surface area contributed by atoms with E-state index in [9.17, 15) is 5.11 Å². The van der Waals surface area contributed by atoms with Crippen LogP contribution in [0.3, 0.4) is 0 Å². The van der Waals surface area contributed by atoms with Crippen LogP contribution >= 0.6 is 11.8 Å². The predicted octanol–water partition coefficient (Wildman–Crippen LogP) is 5.15. The Kier molecular flexibility index (Phi) is 4.67. The normalized spacial score (nSPS) is 16.5. The average molecular weight is 298 g/mol. The van der Waals surface area contributed by atoms with Gasteiger partial charge in [-0.25, -0.2) is 0 Å². The molecular formula is C19H22OS. The SMILES string of the molecule is CCSc1ccc(C(O)c2cccc(C3CCC3)c2)cc1. The molecule has 1 N–H and O–H groups in total. The Hall–Kier alpha value is -1.25. The highest BCUT2D eigenvalue weighted by molar-refractivity contribution is 7.99. The number of aliphatic hydroxyl groups excluding tert-OH is 1. The smallest absolute Gasteiger partial charge is 0.104 e. The first-order valence-electron chi connectivity index (χ1n) is 7.78. The van der Waals surface area contributed by atoms with Crippen molar-refractivity contribution in [2.45, 2.75) is 43.1 Å². The van der Waals surface area contributed by atoms with Crippen molar-refractivity contribution in [2.75, 3.05) is 5.75 Å². The molecule has 0 aliphatic heterocycles. The van der Waals surface area contributed by atoms with E-state index < -0.39 is 6.10 Å². The van der Waals surface area contributed by atoms with Crippen LogP contribution < -0.4 is 0 Å². The number of hydrogen-bond donors (Lipinski definition) is 1. The molecule has 110 valence electrons. The Morgan fingerprint density at radius 3 is 2.48 bits per heavy atom. The zero-order chi connectivity index (χ0) is 14.7. The van der Waals surface area contributed by atoms with Gasteiger partial charge in [0.1, 0.15) is 6.10 Å². The van der Waals surface area contributed by atoms with E-state index in [0.29, 0.717) is 5.92 Å². The monoisotopic (exact) mass is 298 g/mol. The van der Waals surface area contributed by atoms with Gasteiger partial charge in [0.15, 0.2) is 0 Å². The van der Waals surface area contributed by atoms with Gasteiger partial charge in [0.25, 0.3) is 0 Å². The Bertz CT molecular complexity index is 587. The van der Waals surface area contributed by atoms with Gasteiger partial charge in [0.05, 0.1) is 0 Å². The highest BCUT2D eigenvalue weighted by atomic mass is 32.2. The maximum absolute atomic E-state index is 10.6. The number of rotatable bonds is 5. The molecular weight excluding hydrogens is 276 g/mol. The van der Waals surface area contributed by atoms with Crippen molar-refractivity contribution in [3.63, 3.8) is 0 Å². The summed E-state index contributed by atoms with van der Waals surface area (Å²) in [7, 11) is 0. The largest absolute Gasteiger partial charge is 0.384 e. The van der Waals surface area contributed by atoms with Crippen molar-refractivity contribution >= 4 is 11.8 Å². The van der Waals surface area contributed by atoms with Crippen molar-refractivity contribution in [1.82, 2.24) is 0 Å². The van der Waals surface area contributed by atoms with Gasteiger partial charge in [0.2, 0.25) is 0 Å². The van der Waals surface area contributed by atoms with Crippen molar-refractivity contribution in [3.8, 4) is 0 Å². The highest BCUT2D eigenvalue weighted by Crippen LogP contribution is 2.37. The van der Waals surface area contributed by atoms with Crippen LogP contribution in [0.1, 0.15) is 54.9 Å². The molecule has 0 saturated heterocycles. The van der Waals surface area contributed by atoms with Crippen molar-refractivity contribution in [3.05, 3.63) is 65.2 Å². The topological polar surface area (TPSA) is 20.2 Å². The molecule has 3 rings (SSSR count). The van der Waals surface area contributed by atoms with Crippen LogP contribution in [0.5, 0.6) is 0 Å². The summed E-state index contributed by atoms with van der Waals surface area (Å²) >= 11 is 1.83. The minimum absolute atomic E-state index is 0.522. The molecule has 0 heterocycles. The summed E-state index contributed by atoms with van der Waals surface area (Å²) in [6.45, 7) is 2.15. The van der Waals surface area contributed by atoms with E-state index in [0.717, 1.165) is 16.9 Å².